The summed E-state index contributed by atoms with van der Waals surface area (Å²) in [4.78, 5) is 12.2. The van der Waals surface area contributed by atoms with Gasteiger partial charge in [0.05, 0.1) is 24.4 Å². The van der Waals surface area contributed by atoms with Gasteiger partial charge in [0.25, 0.3) is 5.91 Å². The number of amides is 1. The van der Waals surface area contributed by atoms with E-state index in [1.807, 2.05) is 6.07 Å². The molecule has 1 aromatic carbocycles. The minimum atomic E-state index is -0.249. The predicted molar refractivity (Wildman–Crippen MR) is 82.2 cm³/mol. The fraction of sp³-hybridized carbons (Fsp3) is 0.467. The van der Waals surface area contributed by atoms with Crippen molar-refractivity contribution in [1.82, 2.24) is 20.8 Å². The molecule has 21 heavy (non-hydrogen) atoms. The number of hydrogen-bond donors (Lipinski definition) is 4. The number of carbonyl (C=O) groups is 1. The Kier molecular flexibility index (Phi) is 5.30. The number of aromatic nitrogens is 2. The number of nitrogens with zero attached hydrogens (tertiary/aromatic N) is 1. The third-order valence-corrected chi connectivity index (χ3v) is 3.31. The normalized spacial score (nSPS) is 12.8. The Morgan fingerprint density at radius 1 is 1.43 bits per heavy atom. The Hall–Kier alpha value is -1.92. The molecule has 0 aliphatic carbocycles. The van der Waals surface area contributed by atoms with Crippen molar-refractivity contribution < 1.29 is 9.90 Å². The first-order valence-corrected chi connectivity index (χ1v) is 7.18. The van der Waals surface area contributed by atoms with Crippen molar-refractivity contribution >= 4 is 16.8 Å². The number of nitrogens with one attached hydrogen (secondary N) is 3. The second-order valence-corrected chi connectivity index (χ2v) is 5.42. The predicted octanol–water partition coefficient (Wildman–Crippen LogP) is 1.04. The maximum absolute atomic E-state index is 12.2. The van der Waals surface area contributed by atoms with Gasteiger partial charge in [-0.15, -0.1) is 0 Å². The van der Waals surface area contributed by atoms with Crippen LogP contribution in [0.3, 0.4) is 0 Å². The van der Waals surface area contributed by atoms with Gasteiger partial charge in [0, 0.05) is 17.0 Å². The van der Waals surface area contributed by atoms with Crippen LogP contribution in [0, 0.1) is 0 Å². The van der Waals surface area contributed by atoms with E-state index < -0.39 is 0 Å². The highest BCUT2D eigenvalue weighted by molar-refractivity contribution is 5.97. The van der Waals surface area contributed by atoms with Crippen LogP contribution in [0.25, 0.3) is 10.9 Å². The minimum Gasteiger partial charge on any atom is -0.394 e. The fourth-order valence-corrected chi connectivity index (χ4v) is 2.10. The SMILES string of the molecule is CC(C)NCCC(CO)NC(=O)c1ccc2cn[nH]c2c1. The number of fused-ring (bicyclic) bond motifs is 1. The number of rotatable bonds is 7. The van der Waals surface area contributed by atoms with Gasteiger partial charge < -0.3 is 15.7 Å². The first-order chi connectivity index (χ1) is 10.1. The van der Waals surface area contributed by atoms with Crippen LogP contribution in [-0.4, -0.2) is 46.4 Å². The van der Waals surface area contributed by atoms with Gasteiger partial charge in [-0.3, -0.25) is 9.89 Å². The van der Waals surface area contributed by atoms with Crippen LogP contribution in [-0.2, 0) is 0 Å². The zero-order chi connectivity index (χ0) is 15.2. The number of hydrogen-bond acceptors (Lipinski definition) is 4. The topological polar surface area (TPSA) is 90.0 Å². The number of aromatic amines is 1. The van der Waals surface area contributed by atoms with Gasteiger partial charge in [0.2, 0.25) is 0 Å². The molecule has 0 saturated carbocycles. The van der Waals surface area contributed by atoms with E-state index >= 15 is 0 Å². The van der Waals surface area contributed by atoms with E-state index in [1.165, 1.54) is 0 Å². The van der Waals surface area contributed by atoms with Crippen molar-refractivity contribution in [1.29, 1.82) is 0 Å². The number of carbonyl (C=O) groups excluding carboxylic acids is 1. The molecule has 1 amide bonds. The summed E-state index contributed by atoms with van der Waals surface area (Å²) in [5, 5.41) is 23.2. The lowest BCUT2D eigenvalue weighted by atomic mass is 10.1. The third kappa shape index (κ3) is 4.27. The van der Waals surface area contributed by atoms with Crippen molar-refractivity contribution in [3.05, 3.63) is 30.0 Å². The molecule has 6 heteroatoms. The fourth-order valence-electron chi connectivity index (χ4n) is 2.10. The summed E-state index contributed by atoms with van der Waals surface area (Å²) in [7, 11) is 0. The first-order valence-electron chi connectivity index (χ1n) is 7.18. The lowest BCUT2D eigenvalue weighted by molar-refractivity contribution is 0.0913. The molecule has 0 bridgehead atoms. The first kappa shape index (κ1) is 15.5. The third-order valence-electron chi connectivity index (χ3n) is 3.31. The van der Waals surface area contributed by atoms with Crippen molar-refractivity contribution in [2.24, 2.45) is 0 Å². The van der Waals surface area contributed by atoms with E-state index in [-0.39, 0.29) is 18.6 Å². The van der Waals surface area contributed by atoms with Gasteiger partial charge in [-0.2, -0.15) is 5.10 Å². The van der Waals surface area contributed by atoms with Gasteiger partial charge in [0.15, 0.2) is 0 Å². The Bertz CT molecular complexity index is 594. The van der Waals surface area contributed by atoms with Crippen molar-refractivity contribution in [2.45, 2.75) is 32.4 Å². The van der Waals surface area contributed by atoms with Crippen molar-refractivity contribution in [3.63, 3.8) is 0 Å². The highest BCUT2D eigenvalue weighted by Crippen LogP contribution is 2.12. The lowest BCUT2D eigenvalue weighted by Gasteiger charge is -2.17. The van der Waals surface area contributed by atoms with Crippen LogP contribution in [0.1, 0.15) is 30.6 Å². The summed E-state index contributed by atoms with van der Waals surface area (Å²) in [6.07, 6.45) is 2.40. The van der Waals surface area contributed by atoms with E-state index in [2.05, 4.69) is 34.7 Å². The Labute approximate surface area is 123 Å². The quantitative estimate of drug-likeness (QED) is 0.613. The maximum Gasteiger partial charge on any atom is 0.251 e. The number of H-pyrrole nitrogens is 1. The Morgan fingerprint density at radius 3 is 2.95 bits per heavy atom. The summed E-state index contributed by atoms with van der Waals surface area (Å²) in [6.45, 7) is 4.80. The summed E-state index contributed by atoms with van der Waals surface area (Å²) < 4.78 is 0. The van der Waals surface area contributed by atoms with E-state index in [0.717, 1.165) is 17.4 Å². The molecule has 0 saturated heterocycles. The monoisotopic (exact) mass is 290 g/mol. The smallest absolute Gasteiger partial charge is 0.251 e. The largest absolute Gasteiger partial charge is 0.394 e. The van der Waals surface area contributed by atoms with E-state index in [1.54, 1.807) is 18.3 Å². The summed E-state index contributed by atoms with van der Waals surface area (Å²) >= 11 is 0. The second-order valence-electron chi connectivity index (χ2n) is 5.42. The average Bonchev–Trinajstić information content (AvgIpc) is 2.92. The van der Waals surface area contributed by atoms with Crippen molar-refractivity contribution in [3.8, 4) is 0 Å². The summed E-state index contributed by atoms with van der Waals surface area (Å²) in [5.74, 6) is -0.185. The van der Waals surface area contributed by atoms with Gasteiger partial charge in [-0.05, 0) is 25.1 Å². The molecular formula is C15H22N4O2. The number of aliphatic hydroxyl groups excluding tert-OH is 1. The Morgan fingerprint density at radius 2 is 2.24 bits per heavy atom. The molecule has 2 aromatic rings. The molecule has 1 unspecified atom stereocenters. The molecule has 0 radical (unpaired) electrons. The molecule has 114 valence electrons. The molecule has 1 aromatic heterocycles. The van der Waals surface area contributed by atoms with Crippen molar-refractivity contribution in [2.75, 3.05) is 13.2 Å². The highest BCUT2D eigenvalue weighted by atomic mass is 16.3. The van der Waals surface area contributed by atoms with E-state index in [4.69, 9.17) is 0 Å². The zero-order valence-electron chi connectivity index (χ0n) is 12.4. The molecule has 1 atom stereocenters. The number of aliphatic hydroxyl groups is 1. The maximum atomic E-state index is 12.2. The summed E-state index contributed by atoms with van der Waals surface area (Å²) in [6, 6.07) is 5.51. The molecule has 2 rings (SSSR count). The second kappa shape index (κ2) is 7.19. The zero-order valence-corrected chi connectivity index (χ0v) is 12.4. The molecule has 6 nitrogen and oxygen atoms in total. The summed E-state index contributed by atoms with van der Waals surface area (Å²) in [5.41, 5.74) is 1.38. The minimum absolute atomic E-state index is 0.0716. The van der Waals surface area contributed by atoms with Crippen LogP contribution in [0.15, 0.2) is 24.4 Å². The highest BCUT2D eigenvalue weighted by Gasteiger charge is 2.13. The Balaban J connectivity index is 1.94. The standard InChI is InChI=1S/C15H22N4O2/c1-10(2)16-6-5-13(9-20)18-15(21)11-3-4-12-8-17-19-14(12)7-11/h3-4,7-8,10,13,16,20H,5-6,9H2,1-2H3,(H,17,19)(H,18,21). The van der Waals surface area contributed by atoms with Crippen LogP contribution >= 0.6 is 0 Å². The lowest BCUT2D eigenvalue weighted by Crippen LogP contribution is -2.40. The van der Waals surface area contributed by atoms with E-state index in [0.29, 0.717) is 18.0 Å². The van der Waals surface area contributed by atoms with Gasteiger partial charge in [-0.1, -0.05) is 19.9 Å². The van der Waals surface area contributed by atoms with E-state index in [9.17, 15) is 9.90 Å². The van der Waals surface area contributed by atoms with Crippen LogP contribution in [0.2, 0.25) is 0 Å². The average molecular weight is 290 g/mol. The van der Waals surface area contributed by atoms with Gasteiger partial charge in [0.1, 0.15) is 0 Å². The number of benzene rings is 1. The molecule has 4 N–H and O–H groups in total. The molecule has 0 fully saturated rings. The molecule has 0 aliphatic heterocycles. The van der Waals surface area contributed by atoms with Gasteiger partial charge >= 0.3 is 0 Å². The van der Waals surface area contributed by atoms with Gasteiger partial charge in [-0.25, -0.2) is 0 Å². The van der Waals surface area contributed by atoms with Crippen LogP contribution in [0.4, 0.5) is 0 Å². The molecule has 0 spiro atoms. The molecule has 0 aliphatic rings. The van der Waals surface area contributed by atoms with Crippen LogP contribution < -0.4 is 10.6 Å². The molecule has 1 heterocycles. The van der Waals surface area contributed by atoms with Crippen LogP contribution in [0.5, 0.6) is 0 Å². The molecular weight excluding hydrogens is 268 g/mol.